The summed E-state index contributed by atoms with van der Waals surface area (Å²) in [6.45, 7) is 2.07. The number of hydrogen-bond donors (Lipinski definition) is 4. The molecule has 0 radical (unpaired) electrons. The first-order valence-corrected chi connectivity index (χ1v) is 10.2. The lowest BCUT2D eigenvalue weighted by molar-refractivity contribution is -0.124. The van der Waals surface area contributed by atoms with E-state index in [2.05, 4.69) is 59.5 Å². The van der Waals surface area contributed by atoms with Crippen molar-refractivity contribution < 1.29 is 9.90 Å². The molecule has 5 nitrogen and oxygen atoms in total. The van der Waals surface area contributed by atoms with Gasteiger partial charge in [0.1, 0.15) is 6.04 Å². The van der Waals surface area contributed by atoms with Crippen LogP contribution in [0.2, 0.25) is 0 Å². The average molecular weight is 380 g/mol. The van der Waals surface area contributed by atoms with E-state index < -0.39 is 0 Å². The van der Waals surface area contributed by atoms with E-state index in [0.29, 0.717) is 5.92 Å². The van der Waals surface area contributed by atoms with Crippen molar-refractivity contribution in [3.63, 3.8) is 0 Å². The van der Waals surface area contributed by atoms with E-state index in [1.807, 2.05) is 18.2 Å². The van der Waals surface area contributed by atoms with Crippen LogP contribution in [0, 0.1) is 12.8 Å². The van der Waals surface area contributed by atoms with Crippen molar-refractivity contribution in [2.45, 2.75) is 56.8 Å². The average Bonchev–Trinajstić information content (AvgIpc) is 3.17. The second-order valence-corrected chi connectivity index (χ2v) is 8.23. The van der Waals surface area contributed by atoms with E-state index in [1.54, 1.807) is 0 Å². The van der Waals surface area contributed by atoms with Crippen LogP contribution in [0.25, 0.3) is 0 Å². The Bertz CT molecular complexity index is 787. The number of rotatable bonds is 6. The molecule has 2 aromatic rings. The molecule has 1 heterocycles. The van der Waals surface area contributed by atoms with Crippen LogP contribution in [0.15, 0.2) is 54.6 Å². The third-order valence-corrected chi connectivity index (χ3v) is 6.04. The van der Waals surface area contributed by atoms with Gasteiger partial charge in [-0.15, -0.1) is 0 Å². The van der Waals surface area contributed by atoms with E-state index >= 15 is 0 Å². The Kier molecular flexibility index (Phi) is 5.76. The van der Waals surface area contributed by atoms with Crippen LogP contribution < -0.4 is 16.2 Å². The summed E-state index contributed by atoms with van der Waals surface area (Å²) in [5, 5.41) is 13.0. The number of amides is 1. The third-order valence-electron chi connectivity index (χ3n) is 6.04. The first-order chi connectivity index (χ1) is 13.6. The molecule has 1 aliphatic heterocycles. The lowest BCUT2D eigenvalue weighted by Crippen LogP contribution is -2.53. The van der Waals surface area contributed by atoms with Gasteiger partial charge in [-0.1, -0.05) is 60.2 Å². The van der Waals surface area contributed by atoms with Gasteiger partial charge in [-0.2, -0.15) is 0 Å². The Morgan fingerprint density at radius 3 is 2.46 bits per heavy atom. The molecule has 2 aliphatic rings. The summed E-state index contributed by atoms with van der Waals surface area (Å²) >= 11 is 0. The molecule has 4 rings (SSSR count). The molecular formula is C23H29N3O2. The number of hydrazine groups is 1. The number of aryl methyl sites for hydroxylation is 1. The maximum atomic E-state index is 12.9. The number of benzene rings is 2. The highest BCUT2D eigenvalue weighted by molar-refractivity contribution is 5.82. The SMILES string of the molecule is Cc1ccc(C2CC(C(=O)NC(Cc3ccccc3)C3CC(O)C3)NN2)cc1. The molecule has 1 amide bonds. The van der Waals surface area contributed by atoms with Gasteiger partial charge in [0.25, 0.3) is 0 Å². The summed E-state index contributed by atoms with van der Waals surface area (Å²) in [5.74, 6) is 0.367. The number of carbonyl (C=O) groups excluding carboxylic acids is 1. The summed E-state index contributed by atoms with van der Waals surface area (Å²) in [5.41, 5.74) is 10.1. The molecule has 5 heteroatoms. The van der Waals surface area contributed by atoms with Crippen molar-refractivity contribution in [3.8, 4) is 0 Å². The summed E-state index contributed by atoms with van der Waals surface area (Å²) in [6.07, 6.45) is 2.82. The Morgan fingerprint density at radius 1 is 1.07 bits per heavy atom. The lowest BCUT2D eigenvalue weighted by Gasteiger charge is -2.38. The van der Waals surface area contributed by atoms with Gasteiger partial charge in [0, 0.05) is 12.1 Å². The lowest BCUT2D eigenvalue weighted by atomic mass is 9.75. The van der Waals surface area contributed by atoms with E-state index in [-0.39, 0.29) is 30.1 Å². The van der Waals surface area contributed by atoms with Crippen molar-refractivity contribution in [3.05, 3.63) is 71.3 Å². The number of aliphatic hydroxyl groups excluding tert-OH is 1. The fraction of sp³-hybridized carbons (Fsp3) is 0.435. The van der Waals surface area contributed by atoms with Gasteiger partial charge in [0.2, 0.25) is 5.91 Å². The number of carbonyl (C=O) groups is 1. The van der Waals surface area contributed by atoms with E-state index in [1.165, 1.54) is 16.7 Å². The third kappa shape index (κ3) is 4.43. The zero-order valence-corrected chi connectivity index (χ0v) is 16.3. The van der Waals surface area contributed by atoms with Crippen molar-refractivity contribution in [2.24, 2.45) is 5.92 Å². The van der Waals surface area contributed by atoms with Crippen molar-refractivity contribution in [1.29, 1.82) is 0 Å². The second kappa shape index (κ2) is 8.43. The molecule has 2 fully saturated rings. The zero-order chi connectivity index (χ0) is 19.5. The predicted molar refractivity (Wildman–Crippen MR) is 109 cm³/mol. The fourth-order valence-corrected chi connectivity index (χ4v) is 4.19. The quantitative estimate of drug-likeness (QED) is 0.622. The van der Waals surface area contributed by atoms with Gasteiger partial charge >= 0.3 is 0 Å². The van der Waals surface area contributed by atoms with Crippen LogP contribution in [0.5, 0.6) is 0 Å². The van der Waals surface area contributed by atoms with Gasteiger partial charge in [-0.3, -0.25) is 4.79 Å². The summed E-state index contributed by atoms with van der Waals surface area (Å²) in [6, 6.07) is 18.6. The molecule has 148 valence electrons. The summed E-state index contributed by atoms with van der Waals surface area (Å²) in [4.78, 5) is 12.9. The number of aliphatic hydroxyl groups is 1. The largest absolute Gasteiger partial charge is 0.393 e. The molecule has 0 bridgehead atoms. The van der Waals surface area contributed by atoms with E-state index in [9.17, 15) is 9.90 Å². The van der Waals surface area contributed by atoms with Crippen molar-refractivity contribution in [1.82, 2.24) is 16.2 Å². The summed E-state index contributed by atoms with van der Waals surface area (Å²) in [7, 11) is 0. The van der Waals surface area contributed by atoms with Crippen LogP contribution in [0.3, 0.4) is 0 Å². The number of nitrogens with one attached hydrogen (secondary N) is 3. The maximum Gasteiger partial charge on any atom is 0.238 e. The maximum absolute atomic E-state index is 12.9. The molecule has 1 aliphatic carbocycles. The van der Waals surface area contributed by atoms with Gasteiger partial charge in [0.15, 0.2) is 0 Å². The van der Waals surface area contributed by atoms with E-state index in [4.69, 9.17) is 0 Å². The normalized spacial score (nSPS) is 27.8. The monoisotopic (exact) mass is 379 g/mol. The molecule has 3 unspecified atom stereocenters. The molecule has 3 atom stereocenters. The van der Waals surface area contributed by atoms with Crippen LogP contribution in [-0.2, 0) is 11.2 Å². The number of hydrogen-bond acceptors (Lipinski definition) is 4. The highest BCUT2D eigenvalue weighted by Gasteiger charge is 2.37. The van der Waals surface area contributed by atoms with Gasteiger partial charge < -0.3 is 10.4 Å². The highest BCUT2D eigenvalue weighted by atomic mass is 16.3. The van der Waals surface area contributed by atoms with E-state index in [0.717, 1.165) is 25.7 Å². The minimum atomic E-state index is -0.255. The molecule has 28 heavy (non-hydrogen) atoms. The molecule has 1 saturated heterocycles. The smallest absolute Gasteiger partial charge is 0.238 e. The first kappa shape index (κ1) is 19.1. The van der Waals surface area contributed by atoms with Crippen LogP contribution in [0.4, 0.5) is 0 Å². The predicted octanol–water partition coefficient (Wildman–Crippen LogP) is 2.40. The molecule has 2 aromatic carbocycles. The van der Waals surface area contributed by atoms with Gasteiger partial charge in [0.05, 0.1) is 6.10 Å². The topological polar surface area (TPSA) is 73.4 Å². The van der Waals surface area contributed by atoms with Crippen LogP contribution >= 0.6 is 0 Å². The van der Waals surface area contributed by atoms with Crippen LogP contribution in [0.1, 0.15) is 42.0 Å². The standard InChI is InChI=1S/C23H29N3O2/c1-15-7-9-17(10-8-15)21-14-22(26-25-21)23(28)24-20(18-12-19(27)13-18)11-16-5-3-2-4-6-16/h2-10,18-22,25-27H,11-14H2,1H3,(H,24,28). The minimum absolute atomic E-state index is 0.0319. The molecule has 4 N–H and O–H groups in total. The Balaban J connectivity index is 1.38. The molecule has 0 aromatic heterocycles. The van der Waals surface area contributed by atoms with Gasteiger partial charge in [-0.05, 0) is 49.7 Å². The molecule has 0 spiro atoms. The zero-order valence-electron chi connectivity index (χ0n) is 16.3. The first-order valence-electron chi connectivity index (χ1n) is 10.2. The minimum Gasteiger partial charge on any atom is -0.393 e. The molecule has 1 saturated carbocycles. The van der Waals surface area contributed by atoms with Gasteiger partial charge in [-0.25, -0.2) is 10.9 Å². The van der Waals surface area contributed by atoms with Crippen molar-refractivity contribution >= 4 is 5.91 Å². The molecular weight excluding hydrogens is 350 g/mol. The Labute approximate surface area is 166 Å². The Morgan fingerprint density at radius 2 is 1.79 bits per heavy atom. The Hall–Kier alpha value is -2.21. The second-order valence-electron chi connectivity index (χ2n) is 8.23. The van der Waals surface area contributed by atoms with Crippen molar-refractivity contribution in [2.75, 3.05) is 0 Å². The van der Waals surface area contributed by atoms with Crippen LogP contribution in [-0.4, -0.2) is 29.2 Å². The summed E-state index contributed by atoms with van der Waals surface area (Å²) < 4.78 is 0. The highest BCUT2D eigenvalue weighted by Crippen LogP contribution is 2.32. The fourth-order valence-electron chi connectivity index (χ4n) is 4.19.